The molecule has 0 bridgehead atoms. The number of rotatable bonds is 8. The fourth-order valence-electron chi connectivity index (χ4n) is 3.25. The SMILES string of the molecule is COc1ccc(OC)c(-c2cc(C(=O)NCCn3ccc(-c4ccsc4)n3)n(C)n2)c1. The summed E-state index contributed by atoms with van der Waals surface area (Å²) in [6.07, 6.45) is 1.91. The van der Waals surface area contributed by atoms with Crippen LogP contribution in [-0.2, 0) is 13.6 Å². The standard InChI is InChI=1S/C22H23N5O3S/c1-26-20(13-19(24-26)17-12-16(29-2)4-5-21(17)30-3)22(28)23-8-10-27-9-6-18(25-27)15-7-11-31-14-15/h4-7,9,11-14H,8,10H2,1-3H3,(H,23,28). The lowest BCUT2D eigenvalue weighted by molar-refractivity contribution is 0.0942. The van der Waals surface area contributed by atoms with Crippen molar-refractivity contribution in [2.45, 2.75) is 6.54 Å². The van der Waals surface area contributed by atoms with Crippen LogP contribution in [-0.4, -0.2) is 46.2 Å². The molecule has 0 unspecified atom stereocenters. The van der Waals surface area contributed by atoms with E-state index in [0.29, 0.717) is 36.0 Å². The van der Waals surface area contributed by atoms with Crippen molar-refractivity contribution >= 4 is 17.2 Å². The molecule has 1 aromatic carbocycles. The largest absolute Gasteiger partial charge is 0.497 e. The van der Waals surface area contributed by atoms with Crippen molar-refractivity contribution < 1.29 is 14.3 Å². The van der Waals surface area contributed by atoms with E-state index in [0.717, 1.165) is 16.8 Å². The molecule has 0 aliphatic carbocycles. The monoisotopic (exact) mass is 437 g/mol. The Balaban J connectivity index is 1.42. The van der Waals surface area contributed by atoms with Gasteiger partial charge >= 0.3 is 0 Å². The topological polar surface area (TPSA) is 83.2 Å². The Morgan fingerprint density at radius 3 is 2.71 bits per heavy atom. The van der Waals surface area contributed by atoms with Crippen LogP contribution in [0.3, 0.4) is 0 Å². The minimum Gasteiger partial charge on any atom is -0.497 e. The average molecular weight is 438 g/mol. The maximum Gasteiger partial charge on any atom is 0.269 e. The zero-order chi connectivity index (χ0) is 21.8. The Kier molecular flexibility index (Phi) is 6.03. The molecular weight excluding hydrogens is 414 g/mol. The molecule has 31 heavy (non-hydrogen) atoms. The minimum atomic E-state index is -0.201. The normalized spacial score (nSPS) is 10.8. The fourth-order valence-corrected chi connectivity index (χ4v) is 3.90. The minimum absolute atomic E-state index is 0.201. The van der Waals surface area contributed by atoms with Crippen molar-refractivity contribution in [2.24, 2.45) is 7.05 Å². The van der Waals surface area contributed by atoms with E-state index in [-0.39, 0.29) is 5.91 Å². The molecule has 0 fully saturated rings. The van der Waals surface area contributed by atoms with Gasteiger partial charge in [0.2, 0.25) is 0 Å². The van der Waals surface area contributed by atoms with Crippen LogP contribution < -0.4 is 14.8 Å². The molecule has 0 saturated heterocycles. The summed E-state index contributed by atoms with van der Waals surface area (Å²) in [7, 11) is 4.94. The van der Waals surface area contributed by atoms with Gasteiger partial charge in [-0.2, -0.15) is 21.5 Å². The molecule has 1 amide bonds. The molecule has 0 aliphatic rings. The van der Waals surface area contributed by atoms with Gasteiger partial charge in [0.1, 0.15) is 17.2 Å². The number of nitrogens with one attached hydrogen (secondary N) is 1. The third kappa shape index (κ3) is 4.46. The molecule has 8 nitrogen and oxygen atoms in total. The number of aryl methyl sites for hydroxylation is 1. The van der Waals surface area contributed by atoms with Crippen molar-refractivity contribution in [3.05, 3.63) is 59.0 Å². The number of nitrogens with zero attached hydrogens (tertiary/aromatic N) is 4. The van der Waals surface area contributed by atoms with Crippen LogP contribution in [0.4, 0.5) is 0 Å². The van der Waals surface area contributed by atoms with Gasteiger partial charge < -0.3 is 14.8 Å². The Hall–Kier alpha value is -3.59. The highest BCUT2D eigenvalue weighted by Gasteiger charge is 2.17. The van der Waals surface area contributed by atoms with Crippen LogP contribution in [0.1, 0.15) is 10.5 Å². The summed E-state index contributed by atoms with van der Waals surface area (Å²) in [5.74, 6) is 1.15. The summed E-state index contributed by atoms with van der Waals surface area (Å²) >= 11 is 1.64. The highest BCUT2D eigenvalue weighted by Crippen LogP contribution is 2.32. The molecule has 160 valence electrons. The molecule has 1 N–H and O–H groups in total. The van der Waals surface area contributed by atoms with Crippen LogP contribution in [0.25, 0.3) is 22.5 Å². The van der Waals surface area contributed by atoms with Crippen LogP contribution in [0.2, 0.25) is 0 Å². The number of carbonyl (C=O) groups excluding carboxylic acids is 1. The van der Waals surface area contributed by atoms with Crippen LogP contribution >= 0.6 is 11.3 Å². The summed E-state index contributed by atoms with van der Waals surface area (Å²) in [5, 5.41) is 16.1. The first-order chi connectivity index (χ1) is 15.1. The number of thiophene rings is 1. The van der Waals surface area contributed by atoms with Crippen LogP contribution in [0.5, 0.6) is 11.5 Å². The van der Waals surface area contributed by atoms with Gasteiger partial charge in [0.05, 0.1) is 32.2 Å². The predicted octanol–water partition coefficient (Wildman–Crippen LogP) is 3.46. The molecule has 3 aromatic heterocycles. The summed E-state index contributed by atoms with van der Waals surface area (Å²) in [4.78, 5) is 12.7. The molecule has 0 spiro atoms. The summed E-state index contributed by atoms with van der Waals surface area (Å²) in [5.41, 5.74) is 3.88. The van der Waals surface area contributed by atoms with Crippen molar-refractivity contribution in [3.63, 3.8) is 0 Å². The first-order valence-corrected chi connectivity index (χ1v) is 10.6. The number of hydrogen-bond acceptors (Lipinski definition) is 6. The smallest absolute Gasteiger partial charge is 0.269 e. The van der Waals surface area contributed by atoms with Crippen molar-refractivity contribution in [3.8, 4) is 34.0 Å². The molecule has 0 aliphatic heterocycles. The molecule has 0 atom stereocenters. The second-order valence-corrected chi connectivity index (χ2v) is 7.62. The van der Waals surface area contributed by atoms with E-state index < -0.39 is 0 Å². The molecule has 4 rings (SSSR count). The molecule has 3 heterocycles. The molecule has 0 radical (unpaired) electrons. The Labute approximate surface area is 184 Å². The van der Waals surface area contributed by atoms with Gasteiger partial charge in [-0.1, -0.05) is 0 Å². The van der Waals surface area contributed by atoms with Crippen LogP contribution in [0.15, 0.2) is 53.4 Å². The molecule has 4 aromatic rings. The zero-order valence-corrected chi connectivity index (χ0v) is 18.3. The van der Waals surface area contributed by atoms with Gasteiger partial charge in [-0.3, -0.25) is 14.2 Å². The first-order valence-electron chi connectivity index (χ1n) is 9.69. The second kappa shape index (κ2) is 9.05. The number of hydrogen-bond donors (Lipinski definition) is 1. The van der Waals surface area contributed by atoms with Crippen molar-refractivity contribution in [1.29, 1.82) is 0 Å². The van der Waals surface area contributed by atoms with Crippen molar-refractivity contribution in [2.75, 3.05) is 20.8 Å². The predicted molar refractivity (Wildman–Crippen MR) is 120 cm³/mol. The maximum atomic E-state index is 12.7. The van der Waals surface area contributed by atoms with Gasteiger partial charge in [0.15, 0.2) is 0 Å². The quantitative estimate of drug-likeness (QED) is 0.456. The van der Waals surface area contributed by atoms with E-state index in [1.54, 1.807) is 43.4 Å². The number of methoxy groups -OCH3 is 2. The van der Waals surface area contributed by atoms with Crippen LogP contribution in [0, 0.1) is 0 Å². The third-order valence-electron chi connectivity index (χ3n) is 4.88. The van der Waals surface area contributed by atoms with Gasteiger partial charge in [-0.05, 0) is 41.8 Å². The Morgan fingerprint density at radius 2 is 1.97 bits per heavy atom. The number of aromatic nitrogens is 4. The second-order valence-electron chi connectivity index (χ2n) is 6.84. The highest BCUT2D eigenvalue weighted by atomic mass is 32.1. The average Bonchev–Trinajstić information content (AvgIpc) is 3.54. The van der Waals surface area contributed by atoms with Gasteiger partial charge in [0, 0.05) is 36.3 Å². The van der Waals surface area contributed by atoms with E-state index in [1.165, 1.54) is 0 Å². The summed E-state index contributed by atoms with van der Waals surface area (Å²) in [6, 6.07) is 11.2. The van der Waals surface area contributed by atoms with E-state index in [4.69, 9.17) is 9.47 Å². The van der Waals surface area contributed by atoms with Crippen molar-refractivity contribution in [1.82, 2.24) is 24.9 Å². The third-order valence-corrected chi connectivity index (χ3v) is 5.56. The number of benzene rings is 1. The Morgan fingerprint density at radius 1 is 1.10 bits per heavy atom. The lowest BCUT2D eigenvalue weighted by Gasteiger charge is -2.08. The van der Waals surface area contributed by atoms with Gasteiger partial charge in [0.25, 0.3) is 5.91 Å². The number of ether oxygens (including phenoxy) is 2. The lowest BCUT2D eigenvalue weighted by atomic mass is 10.1. The highest BCUT2D eigenvalue weighted by molar-refractivity contribution is 7.08. The maximum absolute atomic E-state index is 12.7. The molecule has 0 saturated carbocycles. The zero-order valence-electron chi connectivity index (χ0n) is 17.5. The fraction of sp³-hybridized carbons (Fsp3) is 0.227. The lowest BCUT2D eigenvalue weighted by Crippen LogP contribution is -2.29. The van der Waals surface area contributed by atoms with Gasteiger partial charge in [-0.15, -0.1) is 0 Å². The summed E-state index contributed by atoms with van der Waals surface area (Å²) in [6.45, 7) is 1.02. The first kappa shape index (κ1) is 20.7. The molecule has 9 heteroatoms. The van der Waals surface area contributed by atoms with E-state index in [9.17, 15) is 4.79 Å². The van der Waals surface area contributed by atoms with Gasteiger partial charge in [-0.25, -0.2) is 0 Å². The van der Waals surface area contributed by atoms with E-state index in [2.05, 4.69) is 20.9 Å². The van der Waals surface area contributed by atoms with E-state index >= 15 is 0 Å². The number of amides is 1. The summed E-state index contributed by atoms with van der Waals surface area (Å²) < 4.78 is 14.1. The Bertz CT molecular complexity index is 1180. The molecular formula is C22H23N5O3S. The van der Waals surface area contributed by atoms with E-state index in [1.807, 2.05) is 46.6 Å². The number of carbonyl (C=O) groups is 1.